The minimum Gasteiger partial charge on any atom is -0.497 e. The number of piperazine rings is 1. The number of anilines is 2. The fourth-order valence-electron chi connectivity index (χ4n) is 5.70. The van der Waals surface area contributed by atoms with Gasteiger partial charge in [0.15, 0.2) is 0 Å². The Bertz CT molecular complexity index is 1020. The zero-order valence-electron chi connectivity index (χ0n) is 21.4. The van der Waals surface area contributed by atoms with Crippen LogP contribution in [0.5, 0.6) is 11.5 Å². The number of methoxy groups -OCH3 is 2. The zero-order valence-corrected chi connectivity index (χ0v) is 21.4. The molecule has 0 spiro atoms. The van der Waals surface area contributed by atoms with E-state index in [-0.39, 0.29) is 17.9 Å². The fraction of sp³-hybridized carbons (Fsp3) is 0.536. The number of rotatable bonds is 8. The maximum Gasteiger partial charge on any atom is 0.225 e. The molecule has 8 nitrogen and oxygen atoms in total. The van der Waals surface area contributed by atoms with Gasteiger partial charge in [0.25, 0.3) is 0 Å². The molecule has 2 fully saturated rings. The van der Waals surface area contributed by atoms with E-state index in [2.05, 4.69) is 44.3 Å². The molecule has 5 rings (SSSR count). The molecule has 3 aliphatic rings. The van der Waals surface area contributed by atoms with Gasteiger partial charge in [0.05, 0.1) is 39.4 Å². The standard InChI is InChI=1S/C28H38N4O4/c1-34-23-8-5-22(6-9-23)31-12-13-32-26-19-24(35-2)7-4-21(26)18-25(27(32)20-31)28(33)29-10-3-11-30-14-16-36-17-15-30/h4-9,19,25,27H,3,10-18,20H2,1-2H3,(H,29,33)/t25-,27+/m1/s1. The van der Waals surface area contributed by atoms with Crippen LogP contribution >= 0.6 is 0 Å². The molecule has 1 amide bonds. The summed E-state index contributed by atoms with van der Waals surface area (Å²) < 4.78 is 16.3. The van der Waals surface area contributed by atoms with Gasteiger partial charge in [0, 0.05) is 56.7 Å². The predicted octanol–water partition coefficient (Wildman–Crippen LogP) is 2.41. The molecule has 0 radical (unpaired) electrons. The van der Waals surface area contributed by atoms with Crippen LogP contribution in [-0.2, 0) is 16.0 Å². The minimum atomic E-state index is -0.102. The summed E-state index contributed by atoms with van der Waals surface area (Å²) in [5.74, 6) is 1.77. The molecule has 3 aliphatic heterocycles. The number of fused-ring (bicyclic) bond motifs is 3. The van der Waals surface area contributed by atoms with Gasteiger partial charge in [-0.1, -0.05) is 6.07 Å². The average molecular weight is 495 g/mol. The molecule has 0 aromatic heterocycles. The van der Waals surface area contributed by atoms with E-state index in [1.807, 2.05) is 18.2 Å². The van der Waals surface area contributed by atoms with Gasteiger partial charge in [-0.3, -0.25) is 9.69 Å². The molecule has 2 aromatic rings. The fourth-order valence-corrected chi connectivity index (χ4v) is 5.70. The third kappa shape index (κ3) is 5.39. The van der Waals surface area contributed by atoms with E-state index in [1.54, 1.807) is 14.2 Å². The van der Waals surface area contributed by atoms with Gasteiger partial charge in [0.2, 0.25) is 5.91 Å². The van der Waals surface area contributed by atoms with Crippen LogP contribution in [0.25, 0.3) is 0 Å². The first-order valence-corrected chi connectivity index (χ1v) is 13.1. The molecule has 2 aromatic carbocycles. The molecule has 0 saturated carbocycles. The predicted molar refractivity (Wildman–Crippen MR) is 141 cm³/mol. The van der Waals surface area contributed by atoms with E-state index in [9.17, 15) is 4.79 Å². The van der Waals surface area contributed by atoms with Gasteiger partial charge in [0.1, 0.15) is 11.5 Å². The molecule has 36 heavy (non-hydrogen) atoms. The third-order valence-electron chi connectivity index (χ3n) is 7.75. The molecule has 0 aliphatic carbocycles. The number of carbonyl (C=O) groups excluding carboxylic acids is 1. The lowest BCUT2D eigenvalue weighted by molar-refractivity contribution is -0.125. The van der Waals surface area contributed by atoms with Crippen molar-refractivity contribution in [3.63, 3.8) is 0 Å². The largest absolute Gasteiger partial charge is 0.497 e. The van der Waals surface area contributed by atoms with E-state index in [0.717, 1.165) is 82.5 Å². The molecule has 2 saturated heterocycles. The van der Waals surface area contributed by atoms with Crippen molar-refractivity contribution in [3.05, 3.63) is 48.0 Å². The number of benzene rings is 2. The summed E-state index contributed by atoms with van der Waals surface area (Å²) in [4.78, 5) is 20.8. The molecule has 0 unspecified atom stereocenters. The Kier molecular flexibility index (Phi) is 7.82. The minimum absolute atomic E-state index is 0.0969. The van der Waals surface area contributed by atoms with Gasteiger partial charge >= 0.3 is 0 Å². The number of nitrogens with zero attached hydrogens (tertiary/aromatic N) is 3. The lowest BCUT2D eigenvalue weighted by Crippen LogP contribution is -2.61. The van der Waals surface area contributed by atoms with Crippen molar-refractivity contribution in [2.24, 2.45) is 5.92 Å². The van der Waals surface area contributed by atoms with Gasteiger partial charge in [-0.25, -0.2) is 0 Å². The Hall–Kier alpha value is -2.97. The van der Waals surface area contributed by atoms with Crippen molar-refractivity contribution in [1.29, 1.82) is 0 Å². The quantitative estimate of drug-likeness (QED) is 0.566. The molecule has 0 bridgehead atoms. The maximum atomic E-state index is 13.5. The van der Waals surface area contributed by atoms with Crippen LogP contribution in [0.2, 0.25) is 0 Å². The van der Waals surface area contributed by atoms with Crippen molar-refractivity contribution in [1.82, 2.24) is 10.2 Å². The van der Waals surface area contributed by atoms with Crippen LogP contribution in [0, 0.1) is 5.92 Å². The molecule has 1 N–H and O–H groups in total. The van der Waals surface area contributed by atoms with Crippen LogP contribution in [0.3, 0.4) is 0 Å². The van der Waals surface area contributed by atoms with Crippen molar-refractivity contribution < 1.29 is 19.0 Å². The number of ether oxygens (including phenoxy) is 3. The number of nitrogens with one attached hydrogen (secondary N) is 1. The summed E-state index contributed by atoms with van der Waals surface area (Å²) in [5, 5.41) is 3.26. The smallest absolute Gasteiger partial charge is 0.225 e. The molecular weight excluding hydrogens is 456 g/mol. The van der Waals surface area contributed by atoms with Gasteiger partial charge in [-0.05, 0) is 55.3 Å². The highest BCUT2D eigenvalue weighted by atomic mass is 16.5. The average Bonchev–Trinajstić information content (AvgIpc) is 2.94. The second-order valence-corrected chi connectivity index (χ2v) is 9.81. The first-order valence-electron chi connectivity index (χ1n) is 13.1. The van der Waals surface area contributed by atoms with Crippen molar-refractivity contribution in [2.75, 3.05) is 83.0 Å². The van der Waals surface area contributed by atoms with E-state index >= 15 is 0 Å². The molecule has 8 heteroatoms. The number of morpholine rings is 1. The highest BCUT2D eigenvalue weighted by molar-refractivity contribution is 5.82. The molecule has 3 heterocycles. The Morgan fingerprint density at radius 3 is 2.50 bits per heavy atom. The lowest BCUT2D eigenvalue weighted by atomic mass is 9.83. The summed E-state index contributed by atoms with van der Waals surface area (Å²) in [5.41, 5.74) is 3.58. The Labute approximate surface area is 214 Å². The summed E-state index contributed by atoms with van der Waals surface area (Å²) in [7, 11) is 3.39. The monoisotopic (exact) mass is 494 g/mol. The van der Waals surface area contributed by atoms with Gasteiger partial charge < -0.3 is 29.3 Å². The molecular formula is C28H38N4O4. The van der Waals surface area contributed by atoms with E-state index in [0.29, 0.717) is 6.54 Å². The highest BCUT2D eigenvalue weighted by Crippen LogP contribution is 2.39. The second kappa shape index (κ2) is 11.4. The van der Waals surface area contributed by atoms with E-state index in [1.165, 1.54) is 11.3 Å². The first kappa shape index (κ1) is 24.7. The Morgan fingerprint density at radius 1 is 1.00 bits per heavy atom. The van der Waals surface area contributed by atoms with E-state index < -0.39 is 0 Å². The summed E-state index contributed by atoms with van der Waals surface area (Å²) in [6.07, 6.45) is 1.70. The number of carbonyl (C=O) groups is 1. The molecule has 2 atom stereocenters. The SMILES string of the molecule is COc1ccc(N2CCN3c4cc(OC)ccc4C[C@@H](C(=O)NCCCN4CCOCC4)[C@@H]3C2)cc1. The van der Waals surface area contributed by atoms with Crippen molar-refractivity contribution in [3.8, 4) is 11.5 Å². The summed E-state index contributed by atoms with van der Waals surface area (Å²) in [6, 6.07) is 14.6. The normalized spacial score (nSPS) is 21.9. The van der Waals surface area contributed by atoms with Gasteiger partial charge in [-0.2, -0.15) is 0 Å². The Balaban J connectivity index is 1.30. The third-order valence-corrected chi connectivity index (χ3v) is 7.75. The van der Waals surface area contributed by atoms with Crippen LogP contribution < -0.4 is 24.6 Å². The topological polar surface area (TPSA) is 66.5 Å². The summed E-state index contributed by atoms with van der Waals surface area (Å²) in [6.45, 7) is 7.83. The highest BCUT2D eigenvalue weighted by Gasteiger charge is 2.41. The van der Waals surface area contributed by atoms with Crippen molar-refractivity contribution in [2.45, 2.75) is 18.9 Å². The second-order valence-electron chi connectivity index (χ2n) is 9.81. The van der Waals surface area contributed by atoms with Crippen LogP contribution in [-0.4, -0.2) is 90.1 Å². The molecule has 194 valence electrons. The van der Waals surface area contributed by atoms with Crippen LogP contribution in [0.1, 0.15) is 12.0 Å². The number of hydrogen-bond acceptors (Lipinski definition) is 7. The number of amides is 1. The van der Waals surface area contributed by atoms with Crippen molar-refractivity contribution >= 4 is 17.3 Å². The van der Waals surface area contributed by atoms with E-state index in [4.69, 9.17) is 14.2 Å². The first-order chi connectivity index (χ1) is 17.7. The Morgan fingerprint density at radius 2 is 1.75 bits per heavy atom. The zero-order chi connectivity index (χ0) is 24.9. The maximum absolute atomic E-state index is 13.5. The number of hydrogen-bond donors (Lipinski definition) is 1. The van der Waals surface area contributed by atoms with Gasteiger partial charge in [-0.15, -0.1) is 0 Å². The summed E-state index contributed by atoms with van der Waals surface area (Å²) >= 11 is 0. The lowest BCUT2D eigenvalue weighted by Gasteiger charge is -2.49. The van der Waals surface area contributed by atoms with Crippen LogP contribution in [0.15, 0.2) is 42.5 Å². The van der Waals surface area contributed by atoms with Crippen LogP contribution in [0.4, 0.5) is 11.4 Å².